The molecule has 0 unspecified atom stereocenters. The first-order valence-corrected chi connectivity index (χ1v) is 8.52. The van der Waals surface area contributed by atoms with E-state index >= 15 is 0 Å². The van der Waals surface area contributed by atoms with Gasteiger partial charge in [-0.05, 0) is 31.5 Å². The van der Waals surface area contributed by atoms with Crippen LogP contribution in [-0.4, -0.2) is 43.0 Å². The van der Waals surface area contributed by atoms with E-state index in [0.717, 1.165) is 6.42 Å². The van der Waals surface area contributed by atoms with Gasteiger partial charge >= 0.3 is 0 Å². The van der Waals surface area contributed by atoms with Gasteiger partial charge in [-0.1, -0.05) is 0 Å². The van der Waals surface area contributed by atoms with Crippen molar-refractivity contribution in [2.75, 3.05) is 13.7 Å². The van der Waals surface area contributed by atoms with E-state index in [1.165, 1.54) is 4.57 Å². The summed E-state index contributed by atoms with van der Waals surface area (Å²) in [6.07, 6.45) is 4.02. The fourth-order valence-electron chi connectivity index (χ4n) is 3.02. The summed E-state index contributed by atoms with van der Waals surface area (Å²) in [7, 11) is 1.62. The predicted molar refractivity (Wildman–Crippen MR) is 100 cm³/mol. The standard InChI is InChI=1S/C18H18N6O3/c1-11-19-18(22-21-11)24-8-5-15-13(17(24)26)10-12-14(20-15)4-7-23(16(12)25)6-3-9-27-2/h4-5,7-8,10H,3,6,9H2,1-2H3,(H,19,21,22). The molecule has 0 aliphatic carbocycles. The van der Waals surface area contributed by atoms with Gasteiger partial charge in [0, 0.05) is 32.7 Å². The molecule has 4 aromatic heterocycles. The number of rotatable bonds is 5. The van der Waals surface area contributed by atoms with Crippen molar-refractivity contribution in [2.45, 2.75) is 19.9 Å². The van der Waals surface area contributed by atoms with Gasteiger partial charge in [0.15, 0.2) is 0 Å². The number of hydrogen-bond acceptors (Lipinski definition) is 6. The van der Waals surface area contributed by atoms with Crippen LogP contribution in [0, 0.1) is 6.92 Å². The van der Waals surface area contributed by atoms with E-state index in [0.29, 0.717) is 40.8 Å². The van der Waals surface area contributed by atoms with Crippen LogP contribution in [0.5, 0.6) is 0 Å². The molecule has 9 nitrogen and oxygen atoms in total. The van der Waals surface area contributed by atoms with Crippen molar-refractivity contribution in [3.05, 3.63) is 57.1 Å². The Morgan fingerprint density at radius 2 is 1.81 bits per heavy atom. The second kappa shape index (κ2) is 6.76. The molecule has 0 aliphatic heterocycles. The molecule has 0 aliphatic rings. The fraction of sp³-hybridized carbons (Fsp3) is 0.278. The van der Waals surface area contributed by atoms with Crippen molar-refractivity contribution in [2.24, 2.45) is 0 Å². The van der Waals surface area contributed by atoms with Crippen molar-refractivity contribution < 1.29 is 4.74 Å². The van der Waals surface area contributed by atoms with Gasteiger partial charge in [-0.15, -0.1) is 5.10 Å². The number of pyridine rings is 3. The monoisotopic (exact) mass is 366 g/mol. The van der Waals surface area contributed by atoms with Crippen LogP contribution in [0.15, 0.2) is 40.2 Å². The molecule has 1 N–H and O–H groups in total. The Kier molecular flexibility index (Phi) is 4.28. The summed E-state index contributed by atoms with van der Waals surface area (Å²) in [6.45, 7) is 2.86. The lowest BCUT2D eigenvalue weighted by atomic mass is 10.2. The summed E-state index contributed by atoms with van der Waals surface area (Å²) in [6, 6.07) is 5.10. The zero-order valence-corrected chi connectivity index (χ0v) is 15.0. The van der Waals surface area contributed by atoms with Crippen LogP contribution >= 0.6 is 0 Å². The molecule has 0 atom stereocenters. The molecular weight excluding hydrogens is 348 g/mol. The largest absolute Gasteiger partial charge is 0.385 e. The molecule has 27 heavy (non-hydrogen) atoms. The fourth-order valence-corrected chi connectivity index (χ4v) is 3.02. The van der Waals surface area contributed by atoms with Crippen LogP contribution in [0.25, 0.3) is 27.8 Å². The highest BCUT2D eigenvalue weighted by Gasteiger charge is 2.12. The molecule has 9 heteroatoms. The maximum Gasteiger partial charge on any atom is 0.267 e. The van der Waals surface area contributed by atoms with Crippen molar-refractivity contribution in [3.8, 4) is 5.95 Å². The van der Waals surface area contributed by atoms with Crippen molar-refractivity contribution in [1.82, 2.24) is 29.3 Å². The Labute approximate surface area is 153 Å². The number of aromatic amines is 1. The summed E-state index contributed by atoms with van der Waals surface area (Å²) in [5.74, 6) is 0.858. The lowest BCUT2D eigenvalue weighted by Crippen LogP contribution is -2.22. The quantitative estimate of drug-likeness (QED) is 0.419. The Hall–Kier alpha value is -3.33. The summed E-state index contributed by atoms with van der Waals surface area (Å²) >= 11 is 0. The van der Waals surface area contributed by atoms with E-state index in [-0.39, 0.29) is 17.1 Å². The van der Waals surface area contributed by atoms with Crippen molar-refractivity contribution in [3.63, 3.8) is 0 Å². The molecular formula is C18H18N6O3. The molecule has 0 saturated heterocycles. The van der Waals surface area contributed by atoms with Gasteiger partial charge in [0.25, 0.3) is 17.1 Å². The van der Waals surface area contributed by atoms with E-state index in [2.05, 4.69) is 20.2 Å². The summed E-state index contributed by atoms with van der Waals surface area (Å²) in [5.41, 5.74) is 0.575. The molecule has 0 amide bonds. The topological polar surface area (TPSA) is 108 Å². The highest BCUT2D eigenvalue weighted by atomic mass is 16.5. The van der Waals surface area contributed by atoms with Gasteiger partial charge in [-0.25, -0.2) is 9.55 Å². The number of ether oxygens (including phenoxy) is 1. The Bertz CT molecular complexity index is 1250. The van der Waals surface area contributed by atoms with E-state index in [4.69, 9.17) is 4.74 Å². The van der Waals surface area contributed by atoms with Crippen LogP contribution < -0.4 is 11.1 Å². The van der Waals surface area contributed by atoms with Gasteiger partial charge in [0.2, 0.25) is 0 Å². The third-order valence-electron chi connectivity index (χ3n) is 4.36. The zero-order valence-electron chi connectivity index (χ0n) is 15.0. The van der Waals surface area contributed by atoms with E-state index < -0.39 is 0 Å². The SMILES string of the molecule is COCCCn1ccc2nc3ccn(-c4n[nH]c(C)n4)c(=O)c3cc2c1=O. The minimum atomic E-state index is -0.324. The molecule has 0 aromatic carbocycles. The highest BCUT2D eigenvalue weighted by Crippen LogP contribution is 2.15. The first kappa shape index (κ1) is 17.1. The van der Waals surface area contributed by atoms with Crippen molar-refractivity contribution >= 4 is 21.8 Å². The van der Waals surface area contributed by atoms with Crippen LogP contribution in [0.1, 0.15) is 12.2 Å². The molecule has 0 spiro atoms. The average molecular weight is 366 g/mol. The van der Waals surface area contributed by atoms with Crippen LogP contribution in [-0.2, 0) is 11.3 Å². The van der Waals surface area contributed by atoms with Crippen molar-refractivity contribution in [1.29, 1.82) is 0 Å². The minimum Gasteiger partial charge on any atom is -0.385 e. The number of aromatic nitrogens is 6. The zero-order chi connectivity index (χ0) is 19.0. The Morgan fingerprint density at radius 1 is 1.07 bits per heavy atom. The maximum atomic E-state index is 12.9. The highest BCUT2D eigenvalue weighted by molar-refractivity contribution is 5.91. The normalized spacial score (nSPS) is 11.5. The first-order valence-electron chi connectivity index (χ1n) is 8.52. The molecule has 0 bridgehead atoms. The van der Waals surface area contributed by atoms with Gasteiger partial charge in [0.05, 0.1) is 21.8 Å². The first-order chi connectivity index (χ1) is 13.1. The smallest absolute Gasteiger partial charge is 0.267 e. The second-order valence-electron chi connectivity index (χ2n) is 6.23. The number of methoxy groups -OCH3 is 1. The summed E-state index contributed by atoms with van der Waals surface area (Å²) in [4.78, 5) is 34.3. The van der Waals surface area contributed by atoms with Crippen LogP contribution in [0.3, 0.4) is 0 Å². The predicted octanol–water partition coefficient (Wildman–Crippen LogP) is 1.16. The van der Waals surface area contributed by atoms with Gasteiger partial charge in [0.1, 0.15) is 5.82 Å². The lowest BCUT2D eigenvalue weighted by Gasteiger charge is -2.08. The summed E-state index contributed by atoms with van der Waals surface area (Å²) < 4.78 is 7.97. The number of nitrogens with one attached hydrogen (secondary N) is 1. The molecule has 138 valence electrons. The maximum absolute atomic E-state index is 12.9. The number of fused-ring (bicyclic) bond motifs is 2. The number of nitrogens with zero attached hydrogens (tertiary/aromatic N) is 5. The lowest BCUT2D eigenvalue weighted by molar-refractivity contribution is 0.190. The number of aryl methyl sites for hydroxylation is 2. The summed E-state index contributed by atoms with van der Waals surface area (Å²) in [5, 5.41) is 7.48. The Morgan fingerprint density at radius 3 is 2.52 bits per heavy atom. The van der Waals surface area contributed by atoms with Gasteiger partial charge in [-0.2, -0.15) is 4.98 Å². The number of H-pyrrole nitrogens is 1. The van der Waals surface area contributed by atoms with E-state index in [9.17, 15) is 9.59 Å². The minimum absolute atomic E-state index is 0.179. The van der Waals surface area contributed by atoms with Crippen LogP contribution in [0.4, 0.5) is 0 Å². The number of hydrogen-bond donors (Lipinski definition) is 1. The average Bonchev–Trinajstić information content (AvgIpc) is 3.09. The molecule has 0 fully saturated rings. The molecule has 4 heterocycles. The second-order valence-corrected chi connectivity index (χ2v) is 6.23. The Balaban J connectivity index is 1.89. The molecule has 4 aromatic rings. The van der Waals surface area contributed by atoms with Crippen LogP contribution in [0.2, 0.25) is 0 Å². The van der Waals surface area contributed by atoms with Gasteiger partial charge in [-0.3, -0.25) is 14.7 Å². The molecule has 0 saturated carbocycles. The third kappa shape index (κ3) is 3.02. The van der Waals surface area contributed by atoms with Gasteiger partial charge < -0.3 is 9.30 Å². The van der Waals surface area contributed by atoms with E-state index in [1.807, 2.05) is 0 Å². The third-order valence-corrected chi connectivity index (χ3v) is 4.36. The molecule has 0 radical (unpaired) electrons. The van der Waals surface area contributed by atoms with E-state index in [1.54, 1.807) is 49.2 Å². The molecule has 4 rings (SSSR count).